The fourth-order valence-corrected chi connectivity index (χ4v) is 6.55. The number of fused-ring (bicyclic) bond motifs is 2. The van der Waals surface area contributed by atoms with E-state index in [2.05, 4.69) is 26.9 Å². The molecule has 0 bridgehead atoms. The Kier molecular flexibility index (Phi) is 9.29. The summed E-state index contributed by atoms with van der Waals surface area (Å²) in [4.78, 5) is 48.9. The lowest BCUT2D eigenvalue weighted by atomic mass is 9.94. The number of aryl methyl sites for hydroxylation is 2. The summed E-state index contributed by atoms with van der Waals surface area (Å²) in [5.74, 6) is -0.269. The maximum absolute atomic E-state index is 14.4. The highest BCUT2D eigenvalue weighted by Crippen LogP contribution is 2.40. The molecule has 2 amide bonds. The molecule has 2 aliphatic rings. The number of rotatable bonds is 5. The predicted molar refractivity (Wildman–Crippen MR) is 171 cm³/mol. The van der Waals surface area contributed by atoms with Gasteiger partial charge >= 0.3 is 6.09 Å². The third kappa shape index (κ3) is 6.90. The molecule has 1 aliphatic heterocycles. The van der Waals surface area contributed by atoms with Crippen molar-refractivity contribution in [1.29, 1.82) is 0 Å². The van der Waals surface area contributed by atoms with Crippen LogP contribution in [0.3, 0.4) is 0 Å². The minimum Gasteiger partial charge on any atom is -0.444 e. The summed E-state index contributed by atoms with van der Waals surface area (Å²) in [6.07, 6.45) is 2.78. The summed E-state index contributed by atoms with van der Waals surface area (Å²) >= 11 is 10.00. The molecule has 1 saturated heterocycles. The number of carbonyl (C=O) groups is 2. The van der Waals surface area contributed by atoms with Crippen LogP contribution < -0.4 is 0 Å². The van der Waals surface area contributed by atoms with Crippen LogP contribution in [0, 0.1) is 10.1 Å². The lowest BCUT2D eigenvalue weighted by Crippen LogP contribution is -2.61. The van der Waals surface area contributed by atoms with Crippen LogP contribution >= 0.6 is 27.5 Å². The standard InChI is InChI=1S/C32H35BrClN5O5/c1-32(2,3)44-31(41)37-13-14-38(27(19-37)30(40)36(4)18-22-7-5-6-8-26(22)39(42)43)29-25-12-11-24(34)16-20(25)9-10-21-15-23(33)17-35-28(21)29/h5-8,11-12,15-17,27,29H,9-10,13-14,18-19H2,1-4H3. The lowest BCUT2D eigenvalue weighted by Gasteiger charge is -2.45. The van der Waals surface area contributed by atoms with E-state index in [0.717, 1.165) is 39.7 Å². The molecule has 0 N–H and O–H groups in total. The molecule has 1 aliphatic carbocycles. The highest BCUT2D eigenvalue weighted by molar-refractivity contribution is 9.10. The smallest absolute Gasteiger partial charge is 0.410 e. The number of para-hydroxylation sites is 1. The molecule has 12 heteroatoms. The van der Waals surface area contributed by atoms with Gasteiger partial charge in [0, 0.05) is 54.0 Å². The van der Waals surface area contributed by atoms with Gasteiger partial charge in [-0.1, -0.05) is 35.9 Å². The van der Waals surface area contributed by atoms with Gasteiger partial charge in [0.15, 0.2) is 0 Å². The van der Waals surface area contributed by atoms with Crippen molar-refractivity contribution in [3.8, 4) is 0 Å². The van der Waals surface area contributed by atoms with Gasteiger partial charge in [0.05, 0.1) is 23.2 Å². The van der Waals surface area contributed by atoms with Gasteiger partial charge in [0.2, 0.25) is 5.91 Å². The second-order valence-corrected chi connectivity index (χ2v) is 13.6. The summed E-state index contributed by atoms with van der Waals surface area (Å²) in [7, 11) is 1.63. The number of nitrogens with zero attached hydrogens (tertiary/aromatic N) is 5. The summed E-state index contributed by atoms with van der Waals surface area (Å²) in [6, 6.07) is 13.1. The van der Waals surface area contributed by atoms with Gasteiger partial charge in [-0.25, -0.2) is 4.79 Å². The fraction of sp³-hybridized carbons (Fsp3) is 0.406. The SMILES string of the molecule is CN(Cc1ccccc1[N+](=O)[O-])C(=O)C1CN(C(=O)OC(C)(C)C)CCN1C1c2ccc(Cl)cc2CCc2cc(Br)cnc21. The normalized spacial score (nSPS) is 18.5. The zero-order chi connectivity index (χ0) is 31.8. The number of pyridine rings is 1. The van der Waals surface area contributed by atoms with Gasteiger partial charge in [0.25, 0.3) is 5.69 Å². The largest absolute Gasteiger partial charge is 0.444 e. The average Bonchev–Trinajstić information content (AvgIpc) is 3.11. The Hall–Kier alpha value is -3.54. The second kappa shape index (κ2) is 12.8. The predicted octanol–water partition coefficient (Wildman–Crippen LogP) is 6.17. The zero-order valence-electron chi connectivity index (χ0n) is 25.1. The van der Waals surface area contributed by atoms with E-state index in [1.165, 1.54) is 11.0 Å². The van der Waals surface area contributed by atoms with E-state index in [4.69, 9.17) is 21.3 Å². The van der Waals surface area contributed by atoms with E-state index in [1.807, 2.05) is 18.2 Å². The number of aromatic nitrogens is 1. The van der Waals surface area contributed by atoms with Crippen LogP contribution in [0.1, 0.15) is 54.8 Å². The van der Waals surface area contributed by atoms with E-state index in [1.54, 1.807) is 57.1 Å². The molecule has 2 heterocycles. The van der Waals surface area contributed by atoms with Crippen LogP contribution in [-0.4, -0.2) is 74.9 Å². The van der Waals surface area contributed by atoms with Crippen molar-refractivity contribution < 1.29 is 19.2 Å². The van der Waals surface area contributed by atoms with Crippen LogP contribution in [-0.2, 0) is 28.9 Å². The van der Waals surface area contributed by atoms with Crippen molar-refractivity contribution in [3.05, 3.63) is 102 Å². The molecule has 232 valence electrons. The quantitative estimate of drug-likeness (QED) is 0.234. The number of hydrogen-bond donors (Lipinski definition) is 0. The van der Waals surface area contributed by atoms with Crippen molar-refractivity contribution in [2.45, 2.75) is 57.8 Å². The van der Waals surface area contributed by atoms with Crippen molar-refractivity contribution in [1.82, 2.24) is 19.7 Å². The number of ether oxygens (including phenoxy) is 1. The third-order valence-electron chi connectivity index (χ3n) is 7.95. The first-order chi connectivity index (χ1) is 20.8. The van der Waals surface area contributed by atoms with Crippen LogP contribution in [0.15, 0.2) is 59.2 Å². The number of benzene rings is 2. The molecule has 1 aromatic heterocycles. The van der Waals surface area contributed by atoms with Gasteiger partial charge in [-0.05, 0) is 84.4 Å². The van der Waals surface area contributed by atoms with E-state index >= 15 is 0 Å². The molecule has 10 nitrogen and oxygen atoms in total. The lowest BCUT2D eigenvalue weighted by molar-refractivity contribution is -0.385. The van der Waals surface area contributed by atoms with Crippen molar-refractivity contribution >= 4 is 45.2 Å². The Morgan fingerprint density at radius 1 is 1.14 bits per heavy atom. The monoisotopic (exact) mass is 683 g/mol. The molecule has 0 radical (unpaired) electrons. The van der Waals surface area contributed by atoms with Gasteiger partial charge in [0.1, 0.15) is 11.6 Å². The Morgan fingerprint density at radius 3 is 2.59 bits per heavy atom. The number of hydrogen-bond acceptors (Lipinski definition) is 7. The average molecular weight is 685 g/mol. The molecule has 0 spiro atoms. The van der Waals surface area contributed by atoms with Crippen molar-refractivity contribution in [2.24, 2.45) is 0 Å². The number of nitro groups is 1. The first-order valence-corrected chi connectivity index (χ1v) is 15.6. The number of halogens is 2. The molecule has 0 saturated carbocycles. The maximum atomic E-state index is 14.4. The van der Waals surface area contributed by atoms with E-state index in [-0.39, 0.29) is 30.7 Å². The Balaban J connectivity index is 1.56. The van der Waals surface area contributed by atoms with E-state index in [0.29, 0.717) is 23.7 Å². The zero-order valence-corrected chi connectivity index (χ0v) is 27.5. The summed E-state index contributed by atoms with van der Waals surface area (Å²) < 4.78 is 6.55. The van der Waals surface area contributed by atoms with Crippen LogP contribution in [0.5, 0.6) is 0 Å². The van der Waals surface area contributed by atoms with Crippen LogP contribution in [0.2, 0.25) is 5.02 Å². The number of nitro benzene ring substituents is 1. The highest BCUT2D eigenvalue weighted by atomic mass is 79.9. The Morgan fingerprint density at radius 2 is 1.86 bits per heavy atom. The third-order valence-corrected chi connectivity index (χ3v) is 8.62. The molecular weight excluding hydrogens is 650 g/mol. The maximum Gasteiger partial charge on any atom is 0.410 e. The molecular formula is C32H35BrClN5O5. The minimum absolute atomic E-state index is 0.0331. The molecule has 44 heavy (non-hydrogen) atoms. The molecule has 2 unspecified atom stereocenters. The number of amides is 2. The van der Waals surface area contributed by atoms with Crippen LogP contribution in [0.25, 0.3) is 0 Å². The summed E-state index contributed by atoms with van der Waals surface area (Å²) in [5, 5.41) is 12.3. The minimum atomic E-state index is -0.783. The van der Waals surface area contributed by atoms with Crippen molar-refractivity contribution in [2.75, 3.05) is 26.7 Å². The van der Waals surface area contributed by atoms with Gasteiger partial charge in [-0.15, -0.1) is 0 Å². The first-order valence-electron chi connectivity index (χ1n) is 14.5. The number of piperazine rings is 1. The highest BCUT2D eigenvalue weighted by Gasteiger charge is 2.43. The Labute approximate surface area is 270 Å². The first kappa shape index (κ1) is 31.9. The van der Waals surface area contributed by atoms with E-state index in [9.17, 15) is 19.7 Å². The van der Waals surface area contributed by atoms with Gasteiger partial charge < -0.3 is 14.5 Å². The molecule has 2 atom stereocenters. The molecule has 2 aromatic carbocycles. The summed E-state index contributed by atoms with van der Waals surface area (Å²) in [5.41, 5.74) is 3.66. The van der Waals surface area contributed by atoms with Crippen LogP contribution in [0.4, 0.5) is 10.5 Å². The van der Waals surface area contributed by atoms with Gasteiger partial charge in [-0.3, -0.25) is 24.8 Å². The Bertz CT molecular complexity index is 1540. The topological polar surface area (TPSA) is 109 Å². The summed E-state index contributed by atoms with van der Waals surface area (Å²) in [6.45, 7) is 6.25. The molecule has 1 fully saturated rings. The molecule has 3 aromatic rings. The number of carbonyl (C=O) groups excluding carboxylic acids is 2. The van der Waals surface area contributed by atoms with Gasteiger partial charge in [-0.2, -0.15) is 0 Å². The van der Waals surface area contributed by atoms with Crippen molar-refractivity contribution in [3.63, 3.8) is 0 Å². The number of likely N-dealkylation sites (N-methyl/N-ethyl adjacent to an activating group) is 1. The van der Waals surface area contributed by atoms with E-state index < -0.39 is 22.7 Å². The molecule has 5 rings (SSSR count). The fourth-order valence-electron chi connectivity index (χ4n) is 5.98. The second-order valence-electron chi connectivity index (χ2n) is 12.2.